The first-order valence-corrected chi connectivity index (χ1v) is 9.95. The van der Waals surface area contributed by atoms with E-state index in [0.29, 0.717) is 22.5 Å². The molecule has 2 aromatic heterocycles. The number of anilines is 1. The number of fused-ring (bicyclic) bond motifs is 1. The van der Waals surface area contributed by atoms with Crippen molar-refractivity contribution in [3.8, 4) is 5.95 Å². The van der Waals surface area contributed by atoms with Crippen LogP contribution in [0.15, 0.2) is 30.3 Å². The average Bonchev–Trinajstić information content (AvgIpc) is 2.81. The van der Waals surface area contributed by atoms with Crippen molar-refractivity contribution in [2.45, 2.75) is 26.0 Å². The molecular formula is C19H18ClN5OS. The molecule has 1 N–H and O–H groups in total. The summed E-state index contributed by atoms with van der Waals surface area (Å²) in [7, 11) is 0. The first-order chi connectivity index (χ1) is 12.9. The Morgan fingerprint density at radius 3 is 2.59 bits per heavy atom. The van der Waals surface area contributed by atoms with Gasteiger partial charge in [0.05, 0.1) is 16.7 Å². The van der Waals surface area contributed by atoms with Crippen molar-refractivity contribution in [2.75, 3.05) is 11.1 Å². The Morgan fingerprint density at radius 1 is 1.19 bits per heavy atom. The third kappa shape index (κ3) is 3.33. The summed E-state index contributed by atoms with van der Waals surface area (Å²) >= 11 is 8.00. The Morgan fingerprint density at radius 2 is 1.89 bits per heavy atom. The normalized spacial score (nSPS) is 16.6. The predicted molar refractivity (Wildman–Crippen MR) is 108 cm³/mol. The zero-order valence-electron chi connectivity index (χ0n) is 15.2. The van der Waals surface area contributed by atoms with Crippen LogP contribution >= 0.6 is 23.4 Å². The summed E-state index contributed by atoms with van der Waals surface area (Å²) in [6, 6.07) is 9.61. The molecule has 6 nitrogen and oxygen atoms in total. The van der Waals surface area contributed by atoms with E-state index >= 15 is 0 Å². The van der Waals surface area contributed by atoms with E-state index in [2.05, 4.69) is 20.4 Å². The molecule has 0 fully saturated rings. The van der Waals surface area contributed by atoms with Gasteiger partial charge in [-0.25, -0.2) is 9.97 Å². The van der Waals surface area contributed by atoms with Gasteiger partial charge in [0.25, 0.3) is 5.95 Å². The van der Waals surface area contributed by atoms with Gasteiger partial charge in [-0.2, -0.15) is 9.78 Å². The Bertz CT molecular complexity index is 1030. The van der Waals surface area contributed by atoms with E-state index in [1.165, 1.54) is 0 Å². The molecule has 0 bridgehead atoms. The molecule has 8 heteroatoms. The number of thioether (sulfide) groups is 1. The quantitative estimate of drug-likeness (QED) is 0.704. The van der Waals surface area contributed by atoms with Gasteiger partial charge in [-0.05, 0) is 38.5 Å². The molecule has 1 atom stereocenters. The standard InChI is InChI=1S/C19H18ClN5OS/c1-10-8-11(2)22-19(21-10)25-18-16(12(3)24-25)17(27-9-15(26)23-18)13-6-4-5-7-14(13)20/h4-8,17H,9H2,1-3H3,(H,23,26)/t17-/m0/s1. The van der Waals surface area contributed by atoms with E-state index in [1.807, 2.05) is 51.1 Å². The lowest BCUT2D eigenvalue weighted by Gasteiger charge is -2.16. The molecule has 3 heterocycles. The van der Waals surface area contributed by atoms with Crippen LogP contribution in [0.3, 0.4) is 0 Å². The van der Waals surface area contributed by atoms with Gasteiger partial charge in [0.15, 0.2) is 0 Å². The molecule has 0 spiro atoms. The highest BCUT2D eigenvalue weighted by atomic mass is 35.5. The van der Waals surface area contributed by atoms with E-state index in [9.17, 15) is 4.79 Å². The lowest BCUT2D eigenvalue weighted by molar-refractivity contribution is -0.113. The van der Waals surface area contributed by atoms with Crippen LogP contribution in [-0.2, 0) is 4.79 Å². The first kappa shape index (κ1) is 18.0. The number of aromatic nitrogens is 4. The molecule has 138 valence electrons. The SMILES string of the molecule is Cc1cc(C)nc(-n2nc(C)c3c2NC(=O)CS[C@H]3c2ccccc2Cl)n1. The number of nitrogens with one attached hydrogen (secondary N) is 1. The van der Waals surface area contributed by atoms with Crippen molar-refractivity contribution in [2.24, 2.45) is 0 Å². The van der Waals surface area contributed by atoms with Crippen LogP contribution in [0.5, 0.6) is 0 Å². The van der Waals surface area contributed by atoms with Crippen LogP contribution in [-0.4, -0.2) is 31.4 Å². The highest BCUT2D eigenvalue weighted by Gasteiger charge is 2.32. The van der Waals surface area contributed by atoms with Gasteiger partial charge in [-0.1, -0.05) is 29.8 Å². The fourth-order valence-corrected chi connectivity index (χ4v) is 4.80. The molecule has 0 unspecified atom stereocenters. The van der Waals surface area contributed by atoms with Crippen molar-refractivity contribution in [3.05, 3.63) is 63.6 Å². The number of aryl methyl sites for hydroxylation is 3. The molecule has 1 aliphatic heterocycles. The maximum Gasteiger partial charge on any atom is 0.252 e. The number of rotatable bonds is 2. The van der Waals surface area contributed by atoms with Crippen molar-refractivity contribution in [3.63, 3.8) is 0 Å². The molecule has 4 rings (SSSR count). The Labute approximate surface area is 166 Å². The summed E-state index contributed by atoms with van der Waals surface area (Å²) in [5, 5.41) is 8.20. The minimum Gasteiger partial charge on any atom is -0.309 e. The van der Waals surface area contributed by atoms with Crippen molar-refractivity contribution in [1.29, 1.82) is 0 Å². The number of carbonyl (C=O) groups is 1. The van der Waals surface area contributed by atoms with E-state index in [-0.39, 0.29) is 11.2 Å². The minimum absolute atomic E-state index is 0.0821. The van der Waals surface area contributed by atoms with Crippen molar-refractivity contribution < 1.29 is 4.79 Å². The van der Waals surface area contributed by atoms with Crippen LogP contribution < -0.4 is 5.32 Å². The van der Waals surface area contributed by atoms with Crippen LogP contribution in [0.2, 0.25) is 5.02 Å². The Hall–Kier alpha value is -2.38. The fourth-order valence-electron chi connectivity index (χ4n) is 3.26. The van der Waals surface area contributed by atoms with Crippen LogP contribution in [0.1, 0.15) is 33.5 Å². The van der Waals surface area contributed by atoms with Gasteiger partial charge < -0.3 is 5.32 Å². The zero-order valence-corrected chi connectivity index (χ0v) is 16.7. The van der Waals surface area contributed by atoms with Gasteiger partial charge in [-0.3, -0.25) is 4.79 Å². The number of hydrogen-bond acceptors (Lipinski definition) is 5. The molecule has 0 radical (unpaired) electrons. The van der Waals surface area contributed by atoms with Gasteiger partial charge in [0, 0.05) is 22.0 Å². The second-order valence-corrected chi connectivity index (χ2v) is 7.97. The molecule has 1 amide bonds. The maximum absolute atomic E-state index is 12.4. The van der Waals surface area contributed by atoms with Gasteiger partial charge in [-0.15, -0.1) is 11.8 Å². The van der Waals surface area contributed by atoms with E-state index in [1.54, 1.807) is 16.4 Å². The molecule has 27 heavy (non-hydrogen) atoms. The maximum atomic E-state index is 12.4. The first-order valence-electron chi connectivity index (χ1n) is 8.52. The number of carbonyl (C=O) groups excluding carboxylic acids is 1. The third-order valence-corrected chi connectivity index (χ3v) is 5.95. The summed E-state index contributed by atoms with van der Waals surface area (Å²) in [5.74, 6) is 1.30. The summed E-state index contributed by atoms with van der Waals surface area (Å²) in [5.41, 5.74) is 4.40. The highest BCUT2D eigenvalue weighted by molar-refractivity contribution is 8.00. The van der Waals surface area contributed by atoms with Crippen LogP contribution in [0, 0.1) is 20.8 Å². The molecule has 3 aromatic rings. The number of amides is 1. The molecule has 0 saturated heterocycles. The molecular weight excluding hydrogens is 382 g/mol. The number of hydrogen-bond donors (Lipinski definition) is 1. The summed E-state index contributed by atoms with van der Waals surface area (Å²) < 4.78 is 1.62. The fraction of sp³-hybridized carbons (Fsp3) is 0.263. The zero-order chi connectivity index (χ0) is 19.1. The van der Waals surface area contributed by atoms with Crippen molar-refractivity contribution >= 4 is 35.1 Å². The topological polar surface area (TPSA) is 72.7 Å². The van der Waals surface area contributed by atoms with E-state index in [4.69, 9.17) is 11.6 Å². The molecule has 1 aromatic carbocycles. The number of halogens is 1. The average molecular weight is 400 g/mol. The Balaban J connectivity index is 1.93. The molecule has 0 aliphatic carbocycles. The smallest absolute Gasteiger partial charge is 0.252 e. The second kappa shape index (κ2) is 6.98. The molecule has 1 aliphatic rings. The monoisotopic (exact) mass is 399 g/mol. The predicted octanol–water partition coefficient (Wildman–Crippen LogP) is 4.02. The van der Waals surface area contributed by atoms with Gasteiger partial charge in [0.1, 0.15) is 5.82 Å². The van der Waals surface area contributed by atoms with Gasteiger partial charge >= 0.3 is 0 Å². The number of nitrogens with zero attached hydrogens (tertiary/aromatic N) is 4. The summed E-state index contributed by atoms with van der Waals surface area (Å²) in [6.07, 6.45) is 0. The minimum atomic E-state index is -0.104. The lowest BCUT2D eigenvalue weighted by Crippen LogP contribution is -2.17. The molecule has 0 saturated carbocycles. The Kier molecular flexibility index (Phi) is 4.65. The summed E-state index contributed by atoms with van der Waals surface area (Å²) in [4.78, 5) is 21.4. The van der Waals surface area contributed by atoms with Crippen molar-refractivity contribution in [1.82, 2.24) is 19.7 Å². The largest absolute Gasteiger partial charge is 0.309 e. The third-order valence-electron chi connectivity index (χ3n) is 4.36. The van der Waals surface area contributed by atoms with E-state index in [0.717, 1.165) is 28.2 Å². The number of benzene rings is 1. The lowest BCUT2D eigenvalue weighted by atomic mass is 10.0. The van der Waals surface area contributed by atoms with Crippen LogP contribution in [0.25, 0.3) is 5.95 Å². The van der Waals surface area contributed by atoms with E-state index < -0.39 is 0 Å². The van der Waals surface area contributed by atoms with Crippen LogP contribution in [0.4, 0.5) is 5.82 Å². The highest BCUT2D eigenvalue weighted by Crippen LogP contribution is 2.45. The van der Waals surface area contributed by atoms with Gasteiger partial charge in [0.2, 0.25) is 5.91 Å². The second-order valence-electron chi connectivity index (χ2n) is 6.47. The summed E-state index contributed by atoms with van der Waals surface area (Å²) in [6.45, 7) is 5.75.